The fourth-order valence-electron chi connectivity index (χ4n) is 1.72. The second-order valence-corrected chi connectivity index (χ2v) is 4.56. The molecule has 1 nitrogen and oxygen atoms in total. The summed E-state index contributed by atoms with van der Waals surface area (Å²) in [6.45, 7) is 4.92. The van der Waals surface area contributed by atoms with Crippen LogP contribution in [0.15, 0.2) is 0 Å². The highest BCUT2D eigenvalue weighted by Crippen LogP contribution is 2.22. The van der Waals surface area contributed by atoms with E-state index in [0.29, 0.717) is 0 Å². The maximum Gasteiger partial charge on any atom is 0.0175 e. The Balaban J connectivity index is 2.35. The number of piperidine rings is 1. The molecule has 2 unspecified atom stereocenters. The van der Waals surface area contributed by atoms with Crippen LogP contribution in [-0.2, 0) is 0 Å². The summed E-state index contributed by atoms with van der Waals surface area (Å²) >= 11 is 2.01. The van der Waals surface area contributed by atoms with Crippen molar-refractivity contribution in [2.45, 2.75) is 18.6 Å². The summed E-state index contributed by atoms with van der Waals surface area (Å²) in [6.07, 6.45) is 3.63. The SMILES string of the molecule is CSC1CC(C)CN(C)C1. The van der Waals surface area contributed by atoms with Crippen LogP contribution in [0.1, 0.15) is 13.3 Å². The van der Waals surface area contributed by atoms with E-state index < -0.39 is 0 Å². The summed E-state index contributed by atoms with van der Waals surface area (Å²) in [4.78, 5) is 2.44. The second-order valence-electron chi connectivity index (χ2n) is 3.42. The Morgan fingerprint density at radius 3 is 2.60 bits per heavy atom. The molecule has 0 aromatic heterocycles. The maximum atomic E-state index is 2.44. The molecule has 0 radical (unpaired) electrons. The topological polar surface area (TPSA) is 3.24 Å². The highest BCUT2D eigenvalue weighted by Gasteiger charge is 2.20. The molecule has 0 N–H and O–H groups in total. The van der Waals surface area contributed by atoms with Crippen molar-refractivity contribution in [3.8, 4) is 0 Å². The lowest BCUT2D eigenvalue weighted by Gasteiger charge is -2.32. The van der Waals surface area contributed by atoms with Gasteiger partial charge in [0, 0.05) is 18.3 Å². The molecule has 0 aromatic rings. The first-order chi connectivity index (χ1) is 4.72. The van der Waals surface area contributed by atoms with Gasteiger partial charge in [-0.1, -0.05) is 6.92 Å². The van der Waals surface area contributed by atoms with Crippen molar-refractivity contribution in [1.29, 1.82) is 0 Å². The highest BCUT2D eigenvalue weighted by molar-refractivity contribution is 7.99. The third-order valence-electron chi connectivity index (χ3n) is 2.14. The van der Waals surface area contributed by atoms with Gasteiger partial charge in [-0.05, 0) is 25.6 Å². The molecule has 2 atom stereocenters. The van der Waals surface area contributed by atoms with Crippen molar-refractivity contribution in [2.24, 2.45) is 5.92 Å². The number of rotatable bonds is 1. The standard InChI is InChI=1S/C8H17NS/c1-7-4-8(10-3)6-9(2)5-7/h7-8H,4-6H2,1-3H3. The van der Waals surface area contributed by atoms with Crippen LogP contribution in [0.4, 0.5) is 0 Å². The molecule has 0 saturated carbocycles. The van der Waals surface area contributed by atoms with Gasteiger partial charge in [0.25, 0.3) is 0 Å². The van der Waals surface area contributed by atoms with Crippen LogP contribution in [0, 0.1) is 5.92 Å². The van der Waals surface area contributed by atoms with Gasteiger partial charge in [-0.15, -0.1) is 0 Å². The van der Waals surface area contributed by atoms with E-state index in [0.717, 1.165) is 11.2 Å². The second kappa shape index (κ2) is 3.63. The first kappa shape index (κ1) is 8.41. The van der Waals surface area contributed by atoms with Gasteiger partial charge in [0.2, 0.25) is 0 Å². The summed E-state index contributed by atoms with van der Waals surface area (Å²) in [5.41, 5.74) is 0. The van der Waals surface area contributed by atoms with E-state index in [1.165, 1.54) is 19.5 Å². The molecule has 10 heavy (non-hydrogen) atoms. The molecule has 0 amide bonds. The lowest BCUT2D eigenvalue weighted by molar-refractivity contribution is 0.228. The molecule has 0 aromatic carbocycles. The molecule has 1 fully saturated rings. The average molecular weight is 159 g/mol. The Hall–Kier alpha value is 0.310. The van der Waals surface area contributed by atoms with Crippen molar-refractivity contribution < 1.29 is 0 Å². The minimum absolute atomic E-state index is 0.883. The van der Waals surface area contributed by atoms with E-state index in [9.17, 15) is 0 Å². The van der Waals surface area contributed by atoms with E-state index in [2.05, 4.69) is 25.1 Å². The molecule has 1 rings (SSSR count). The smallest absolute Gasteiger partial charge is 0.0175 e. The van der Waals surface area contributed by atoms with Gasteiger partial charge < -0.3 is 4.90 Å². The zero-order chi connectivity index (χ0) is 7.56. The third kappa shape index (κ3) is 2.17. The Kier molecular flexibility index (Phi) is 3.05. The van der Waals surface area contributed by atoms with Gasteiger partial charge >= 0.3 is 0 Å². The molecule has 60 valence electrons. The molecule has 0 bridgehead atoms. The number of hydrogen-bond donors (Lipinski definition) is 0. The predicted octanol–water partition coefficient (Wildman–Crippen LogP) is 1.69. The normalized spacial score (nSPS) is 36.3. The zero-order valence-corrected chi connectivity index (χ0v) is 7.95. The van der Waals surface area contributed by atoms with Gasteiger partial charge in [-0.3, -0.25) is 0 Å². The lowest BCUT2D eigenvalue weighted by atomic mass is 10.0. The lowest BCUT2D eigenvalue weighted by Crippen LogP contribution is -2.38. The van der Waals surface area contributed by atoms with Crippen LogP contribution >= 0.6 is 11.8 Å². The van der Waals surface area contributed by atoms with Crippen LogP contribution in [0.5, 0.6) is 0 Å². The summed E-state index contributed by atoms with van der Waals surface area (Å²) in [5, 5.41) is 0.883. The number of thioether (sulfide) groups is 1. The fourth-order valence-corrected chi connectivity index (χ4v) is 2.65. The Morgan fingerprint density at radius 1 is 1.40 bits per heavy atom. The molecular weight excluding hydrogens is 142 g/mol. The van der Waals surface area contributed by atoms with Crippen molar-refractivity contribution in [3.63, 3.8) is 0 Å². The van der Waals surface area contributed by atoms with Crippen molar-refractivity contribution in [2.75, 3.05) is 26.4 Å². The van der Waals surface area contributed by atoms with Crippen molar-refractivity contribution >= 4 is 11.8 Å². The minimum atomic E-state index is 0.883. The van der Waals surface area contributed by atoms with Crippen molar-refractivity contribution in [3.05, 3.63) is 0 Å². The third-order valence-corrected chi connectivity index (χ3v) is 3.15. The summed E-state index contributed by atoms with van der Waals surface area (Å²) in [6, 6.07) is 0. The Labute approximate surface area is 68.2 Å². The van der Waals surface area contributed by atoms with Gasteiger partial charge in [0.15, 0.2) is 0 Å². The number of hydrogen-bond acceptors (Lipinski definition) is 2. The van der Waals surface area contributed by atoms with E-state index in [-0.39, 0.29) is 0 Å². The molecule has 1 saturated heterocycles. The van der Waals surface area contributed by atoms with Crippen LogP contribution in [-0.4, -0.2) is 36.5 Å². The largest absolute Gasteiger partial charge is 0.305 e. The Bertz CT molecular complexity index is 95.4. The van der Waals surface area contributed by atoms with Crippen molar-refractivity contribution in [1.82, 2.24) is 4.90 Å². The van der Waals surface area contributed by atoms with Crippen LogP contribution < -0.4 is 0 Å². The monoisotopic (exact) mass is 159 g/mol. The van der Waals surface area contributed by atoms with Crippen LogP contribution in [0.25, 0.3) is 0 Å². The molecule has 1 heterocycles. The van der Waals surface area contributed by atoms with E-state index >= 15 is 0 Å². The van der Waals surface area contributed by atoms with Gasteiger partial charge in [-0.2, -0.15) is 11.8 Å². The number of likely N-dealkylation sites (tertiary alicyclic amines) is 1. The summed E-state index contributed by atoms with van der Waals surface area (Å²) in [5.74, 6) is 0.899. The molecule has 0 aliphatic carbocycles. The number of nitrogens with zero attached hydrogens (tertiary/aromatic N) is 1. The molecule has 2 heteroatoms. The summed E-state index contributed by atoms with van der Waals surface area (Å²) < 4.78 is 0. The Morgan fingerprint density at radius 2 is 2.10 bits per heavy atom. The van der Waals surface area contributed by atoms with E-state index in [1.807, 2.05) is 11.8 Å². The predicted molar refractivity (Wildman–Crippen MR) is 48.6 cm³/mol. The minimum Gasteiger partial charge on any atom is -0.305 e. The summed E-state index contributed by atoms with van der Waals surface area (Å²) in [7, 11) is 2.22. The zero-order valence-electron chi connectivity index (χ0n) is 7.13. The van der Waals surface area contributed by atoms with E-state index in [1.54, 1.807) is 0 Å². The van der Waals surface area contributed by atoms with Gasteiger partial charge in [-0.25, -0.2) is 0 Å². The first-order valence-corrected chi connectivity index (χ1v) is 5.22. The average Bonchev–Trinajstić information content (AvgIpc) is 1.85. The van der Waals surface area contributed by atoms with E-state index in [4.69, 9.17) is 0 Å². The maximum absolute atomic E-state index is 2.44. The van der Waals surface area contributed by atoms with Crippen LogP contribution in [0.3, 0.4) is 0 Å². The highest BCUT2D eigenvalue weighted by atomic mass is 32.2. The van der Waals surface area contributed by atoms with Gasteiger partial charge in [0.05, 0.1) is 0 Å². The molecule has 1 aliphatic heterocycles. The fraction of sp³-hybridized carbons (Fsp3) is 1.00. The molecule has 0 spiro atoms. The molecule has 1 aliphatic rings. The molecular formula is C8H17NS. The quantitative estimate of drug-likeness (QED) is 0.573. The van der Waals surface area contributed by atoms with Crippen LogP contribution in [0.2, 0.25) is 0 Å². The van der Waals surface area contributed by atoms with Gasteiger partial charge in [0.1, 0.15) is 0 Å². The first-order valence-electron chi connectivity index (χ1n) is 3.93.